The highest BCUT2D eigenvalue weighted by atomic mass is 16.1. The van der Waals surface area contributed by atoms with E-state index < -0.39 is 0 Å². The van der Waals surface area contributed by atoms with E-state index in [9.17, 15) is 4.79 Å². The summed E-state index contributed by atoms with van der Waals surface area (Å²) in [6.45, 7) is 3.95. The molecule has 0 spiro atoms. The molecule has 0 aromatic carbocycles. The number of carbonyl (C=O) groups is 1. The number of hydrogen-bond acceptors (Lipinski definition) is 1. The summed E-state index contributed by atoms with van der Waals surface area (Å²) < 4.78 is 0. The summed E-state index contributed by atoms with van der Waals surface area (Å²) in [5, 5.41) is 2.97. The van der Waals surface area contributed by atoms with Gasteiger partial charge in [-0.1, -0.05) is 6.08 Å². The van der Waals surface area contributed by atoms with Gasteiger partial charge in [-0.25, -0.2) is 0 Å². The van der Waals surface area contributed by atoms with Gasteiger partial charge < -0.3 is 5.32 Å². The van der Waals surface area contributed by atoms with Crippen LogP contribution in [-0.2, 0) is 4.79 Å². The standard InChI is InChI=1S/C9H15NO/c1-3-5-8(11)10-9(2)6-4-7-9/h3,5H,4,6-7H2,1-2H3,(H,10,11)/b5-3+. The lowest BCUT2D eigenvalue weighted by Gasteiger charge is -2.38. The van der Waals surface area contributed by atoms with Crippen LogP contribution in [0.3, 0.4) is 0 Å². The molecule has 1 aliphatic carbocycles. The first kappa shape index (κ1) is 8.31. The average Bonchev–Trinajstić information content (AvgIpc) is 1.85. The summed E-state index contributed by atoms with van der Waals surface area (Å²) >= 11 is 0. The lowest BCUT2D eigenvalue weighted by molar-refractivity contribution is -0.119. The lowest BCUT2D eigenvalue weighted by Crippen LogP contribution is -2.50. The average molecular weight is 153 g/mol. The Kier molecular flexibility index (Phi) is 2.32. The van der Waals surface area contributed by atoms with Crippen LogP contribution in [0.5, 0.6) is 0 Å². The second kappa shape index (κ2) is 3.07. The minimum absolute atomic E-state index is 0.0368. The third-order valence-corrected chi connectivity index (χ3v) is 2.20. The van der Waals surface area contributed by atoms with E-state index in [1.807, 2.05) is 6.92 Å². The van der Waals surface area contributed by atoms with Crippen LogP contribution in [0.2, 0.25) is 0 Å². The second-order valence-corrected chi connectivity index (χ2v) is 3.40. The fourth-order valence-corrected chi connectivity index (χ4v) is 1.32. The van der Waals surface area contributed by atoms with Crippen molar-refractivity contribution in [2.24, 2.45) is 0 Å². The first-order valence-corrected chi connectivity index (χ1v) is 4.11. The maximum Gasteiger partial charge on any atom is 0.244 e. The third-order valence-electron chi connectivity index (χ3n) is 2.20. The Morgan fingerprint density at radius 3 is 2.55 bits per heavy atom. The first-order valence-electron chi connectivity index (χ1n) is 4.11. The summed E-state index contributed by atoms with van der Waals surface area (Å²) in [5.41, 5.74) is 0.0938. The van der Waals surface area contributed by atoms with E-state index >= 15 is 0 Å². The summed E-state index contributed by atoms with van der Waals surface area (Å²) in [6, 6.07) is 0. The Hall–Kier alpha value is -0.790. The van der Waals surface area contributed by atoms with Gasteiger partial charge in [-0.2, -0.15) is 0 Å². The van der Waals surface area contributed by atoms with Gasteiger partial charge in [0.25, 0.3) is 0 Å². The molecule has 1 fully saturated rings. The minimum atomic E-state index is 0.0368. The van der Waals surface area contributed by atoms with Gasteiger partial charge in [0, 0.05) is 5.54 Å². The molecule has 2 heteroatoms. The molecule has 0 unspecified atom stereocenters. The number of amides is 1. The Labute approximate surface area is 67.7 Å². The summed E-state index contributed by atoms with van der Waals surface area (Å²) in [5.74, 6) is 0.0368. The molecular formula is C9H15NO. The zero-order valence-electron chi connectivity index (χ0n) is 7.18. The number of rotatable bonds is 2. The monoisotopic (exact) mass is 153 g/mol. The fraction of sp³-hybridized carbons (Fsp3) is 0.667. The molecule has 0 bridgehead atoms. The van der Waals surface area contributed by atoms with Crippen molar-refractivity contribution >= 4 is 5.91 Å². The van der Waals surface area contributed by atoms with Crippen LogP contribution in [0.15, 0.2) is 12.2 Å². The number of carbonyl (C=O) groups excluding carboxylic acids is 1. The highest BCUT2D eigenvalue weighted by Crippen LogP contribution is 2.30. The van der Waals surface area contributed by atoms with Crippen LogP contribution < -0.4 is 5.32 Å². The van der Waals surface area contributed by atoms with E-state index in [1.54, 1.807) is 12.2 Å². The van der Waals surface area contributed by atoms with Crippen molar-refractivity contribution in [1.29, 1.82) is 0 Å². The Bertz CT molecular complexity index is 180. The van der Waals surface area contributed by atoms with Crippen molar-refractivity contribution in [2.45, 2.75) is 38.6 Å². The molecule has 0 saturated heterocycles. The quantitative estimate of drug-likeness (QED) is 0.600. The zero-order valence-corrected chi connectivity index (χ0v) is 7.18. The molecule has 11 heavy (non-hydrogen) atoms. The highest BCUT2D eigenvalue weighted by Gasteiger charge is 2.32. The molecule has 0 aromatic rings. The Morgan fingerprint density at radius 2 is 2.18 bits per heavy atom. The number of allylic oxidation sites excluding steroid dienone is 1. The predicted molar refractivity (Wildman–Crippen MR) is 45.2 cm³/mol. The van der Waals surface area contributed by atoms with E-state index in [0.29, 0.717) is 0 Å². The SMILES string of the molecule is C/C=C/C(=O)NC1(C)CCC1. The van der Waals surface area contributed by atoms with Crippen molar-refractivity contribution in [1.82, 2.24) is 5.32 Å². The van der Waals surface area contributed by atoms with Gasteiger partial charge in [0.1, 0.15) is 0 Å². The summed E-state index contributed by atoms with van der Waals surface area (Å²) in [4.78, 5) is 11.1. The number of nitrogens with one attached hydrogen (secondary N) is 1. The zero-order chi connectivity index (χ0) is 8.32. The van der Waals surface area contributed by atoms with Crippen LogP contribution in [0.25, 0.3) is 0 Å². The van der Waals surface area contributed by atoms with Gasteiger partial charge in [0.15, 0.2) is 0 Å². The van der Waals surface area contributed by atoms with Crippen molar-refractivity contribution in [3.05, 3.63) is 12.2 Å². The molecule has 0 radical (unpaired) electrons. The van der Waals surface area contributed by atoms with Crippen molar-refractivity contribution in [3.63, 3.8) is 0 Å². The van der Waals surface area contributed by atoms with Gasteiger partial charge >= 0.3 is 0 Å². The van der Waals surface area contributed by atoms with Crippen LogP contribution in [0, 0.1) is 0 Å². The first-order chi connectivity index (χ1) is 5.16. The molecule has 1 aliphatic rings. The van der Waals surface area contributed by atoms with E-state index in [0.717, 1.165) is 12.8 Å². The molecule has 62 valence electrons. The van der Waals surface area contributed by atoms with Crippen LogP contribution in [-0.4, -0.2) is 11.4 Å². The molecular weight excluding hydrogens is 138 g/mol. The van der Waals surface area contributed by atoms with Gasteiger partial charge in [-0.3, -0.25) is 4.79 Å². The maximum absolute atomic E-state index is 11.1. The summed E-state index contributed by atoms with van der Waals surface area (Å²) in [7, 11) is 0. The van der Waals surface area contributed by atoms with E-state index in [4.69, 9.17) is 0 Å². The van der Waals surface area contributed by atoms with Gasteiger partial charge in [0.05, 0.1) is 0 Å². The smallest absolute Gasteiger partial charge is 0.244 e. The van der Waals surface area contributed by atoms with E-state index in [2.05, 4.69) is 12.2 Å². The van der Waals surface area contributed by atoms with Crippen LogP contribution in [0.1, 0.15) is 33.1 Å². The molecule has 0 aliphatic heterocycles. The topological polar surface area (TPSA) is 29.1 Å². The molecule has 1 rings (SSSR count). The Balaban J connectivity index is 2.35. The largest absolute Gasteiger partial charge is 0.347 e. The molecule has 0 atom stereocenters. The molecule has 1 saturated carbocycles. The highest BCUT2D eigenvalue weighted by molar-refractivity contribution is 5.88. The molecule has 1 N–H and O–H groups in total. The van der Waals surface area contributed by atoms with Crippen molar-refractivity contribution in [3.8, 4) is 0 Å². The molecule has 2 nitrogen and oxygen atoms in total. The van der Waals surface area contributed by atoms with Gasteiger partial charge in [-0.15, -0.1) is 0 Å². The lowest BCUT2D eigenvalue weighted by atomic mass is 9.78. The second-order valence-electron chi connectivity index (χ2n) is 3.40. The number of hydrogen-bond donors (Lipinski definition) is 1. The van der Waals surface area contributed by atoms with Gasteiger partial charge in [-0.05, 0) is 39.2 Å². The van der Waals surface area contributed by atoms with Crippen LogP contribution in [0.4, 0.5) is 0 Å². The van der Waals surface area contributed by atoms with Crippen LogP contribution >= 0.6 is 0 Å². The van der Waals surface area contributed by atoms with E-state index in [-0.39, 0.29) is 11.4 Å². The van der Waals surface area contributed by atoms with Crippen molar-refractivity contribution < 1.29 is 4.79 Å². The minimum Gasteiger partial charge on any atom is -0.347 e. The maximum atomic E-state index is 11.1. The third kappa shape index (κ3) is 2.07. The van der Waals surface area contributed by atoms with Crippen molar-refractivity contribution in [2.75, 3.05) is 0 Å². The van der Waals surface area contributed by atoms with E-state index in [1.165, 1.54) is 6.42 Å². The van der Waals surface area contributed by atoms with Gasteiger partial charge in [0.2, 0.25) is 5.91 Å². The molecule has 1 amide bonds. The summed E-state index contributed by atoms with van der Waals surface area (Å²) in [6.07, 6.45) is 6.82. The fourth-order valence-electron chi connectivity index (χ4n) is 1.32. The molecule has 0 aromatic heterocycles. The Morgan fingerprint density at radius 1 is 1.55 bits per heavy atom. The normalized spacial score (nSPS) is 21.3. The predicted octanol–water partition coefficient (Wildman–Crippen LogP) is 1.62. The molecule has 0 heterocycles.